The summed E-state index contributed by atoms with van der Waals surface area (Å²) in [4.78, 5) is 1.57. The molecule has 1 rings (SSSR count). The second-order valence-corrected chi connectivity index (χ2v) is 3.94. The molecule has 4 heteroatoms. The molecular weight excluding hydrogens is 198 g/mol. The molecule has 0 saturated heterocycles. The standard InChI is InChI=1S/C11H16F2N2/c1-7(14)6-8-4-5-9(12)10(13)11(8)15(2)3/h4-5,7H,6,14H2,1-3H3/t7-/m0/s1. The Morgan fingerprint density at radius 3 is 2.40 bits per heavy atom. The van der Waals surface area contributed by atoms with Gasteiger partial charge in [-0.3, -0.25) is 0 Å². The van der Waals surface area contributed by atoms with Gasteiger partial charge in [0.25, 0.3) is 0 Å². The first-order chi connectivity index (χ1) is 6.93. The maximum absolute atomic E-state index is 13.5. The van der Waals surface area contributed by atoms with Crippen molar-refractivity contribution >= 4 is 5.69 Å². The Morgan fingerprint density at radius 2 is 1.93 bits per heavy atom. The van der Waals surface area contributed by atoms with Crippen molar-refractivity contribution in [3.05, 3.63) is 29.3 Å². The predicted octanol–water partition coefficient (Wildman–Crippen LogP) is 1.92. The molecule has 1 aromatic carbocycles. The van der Waals surface area contributed by atoms with E-state index in [4.69, 9.17) is 5.73 Å². The van der Waals surface area contributed by atoms with Crippen molar-refractivity contribution in [3.63, 3.8) is 0 Å². The lowest BCUT2D eigenvalue weighted by Crippen LogP contribution is -2.21. The van der Waals surface area contributed by atoms with Gasteiger partial charge in [-0.15, -0.1) is 0 Å². The van der Waals surface area contributed by atoms with Crippen LogP contribution in [0.1, 0.15) is 12.5 Å². The zero-order chi connectivity index (χ0) is 11.6. The highest BCUT2D eigenvalue weighted by Crippen LogP contribution is 2.25. The smallest absolute Gasteiger partial charge is 0.182 e. The molecule has 2 nitrogen and oxygen atoms in total. The molecular formula is C11H16F2N2. The number of hydrogen-bond donors (Lipinski definition) is 1. The topological polar surface area (TPSA) is 29.3 Å². The van der Waals surface area contributed by atoms with E-state index < -0.39 is 11.6 Å². The van der Waals surface area contributed by atoms with Crippen LogP contribution in [0.5, 0.6) is 0 Å². The second kappa shape index (κ2) is 4.57. The normalized spacial score (nSPS) is 12.7. The van der Waals surface area contributed by atoms with Crippen LogP contribution in [0.15, 0.2) is 12.1 Å². The van der Waals surface area contributed by atoms with Crippen LogP contribution < -0.4 is 10.6 Å². The number of rotatable bonds is 3. The maximum atomic E-state index is 13.5. The molecule has 0 saturated carbocycles. The average Bonchev–Trinajstić information content (AvgIpc) is 2.10. The first-order valence-electron chi connectivity index (χ1n) is 4.83. The summed E-state index contributed by atoms with van der Waals surface area (Å²) in [6.45, 7) is 1.83. The van der Waals surface area contributed by atoms with Gasteiger partial charge in [-0.1, -0.05) is 6.07 Å². The minimum atomic E-state index is -0.827. The minimum absolute atomic E-state index is 0.0754. The van der Waals surface area contributed by atoms with Crippen molar-refractivity contribution < 1.29 is 8.78 Å². The molecule has 0 bridgehead atoms. The lowest BCUT2D eigenvalue weighted by molar-refractivity contribution is 0.506. The van der Waals surface area contributed by atoms with Gasteiger partial charge in [0.1, 0.15) is 0 Å². The highest BCUT2D eigenvalue weighted by Gasteiger charge is 2.15. The van der Waals surface area contributed by atoms with E-state index in [0.29, 0.717) is 6.42 Å². The molecule has 15 heavy (non-hydrogen) atoms. The lowest BCUT2D eigenvalue weighted by atomic mass is 10.0. The van der Waals surface area contributed by atoms with E-state index in [2.05, 4.69) is 0 Å². The number of anilines is 1. The monoisotopic (exact) mass is 214 g/mol. The zero-order valence-corrected chi connectivity index (χ0v) is 9.22. The fourth-order valence-electron chi connectivity index (χ4n) is 1.58. The third-order valence-corrected chi connectivity index (χ3v) is 2.14. The molecule has 0 aliphatic rings. The van der Waals surface area contributed by atoms with E-state index in [1.54, 1.807) is 25.1 Å². The predicted molar refractivity (Wildman–Crippen MR) is 58.0 cm³/mol. The van der Waals surface area contributed by atoms with Gasteiger partial charge in [0.2, 0.25) is 0 Å². The summed E-state index contributed by atoms with van der Waals surface area (Å²) >= 11 is 0. The van der Waals surface area contributed by atoms with Gasteiger partial charge in [-0.2, -0.15) is 0 Å². The molecule has 0 fully saturated rings. The molecule has 0 aliphatic heterocycles. The third-order valence-electron chi connectivity index (χ3n) is 2.14. The average molecular weight is 214 g/mol. The lowest BCUT2D eigenvalue weighted by Gasteiger charge is -2.19. The molecule has 0 radical (unpaired) electrons. The quantitative estimate of drug-likeness (QED) is 0.833. The summed E-state index contributed by atoms with van der Waals surface area (Å²) in [7, 11) is 3.37. The van der Waals surface area contributed by atoms with E-state index in [0.717, 1.165) is 11.6 Å². The summed E-state index contributed by atoms with van der Waals surface area (Å²) < 4.78 is 26.5. The minimum Gasteiger partial charge on any atom is -0.375 e. The van der Waals surface area contributed by atoms with Gasteiger partial charge in [0, 0.05) is 20.1 Å². The Kier molecular flexibility index (Phi) is 3.63. The van der Waals surface area contributed by atoms with E-state index in [9.17, 15) is 8.78 Å². The Hall–Kier alpha value is -1.16. The number of halogens is 2. The molecule has 0 spiro atoms. The Bertz CT molecular complexity index is 349. The summed E-state index contributed by atoms with van der Waals surface area (Å²) in [5.41, 5.74) is 6.66. The van der Waals surface area contributed by atoms with Crippen LogP contribution in [-0.2, 0) is 6.42 Å². The van der Waals surface area contributed by atoms with Crippen molar-refractivity contribution in [2.75, 3.05) is 19.0 Å². The first-order valence-corrected chi connectivity index (χ1v) is 4.83. The number of nitrogens with two attached hydrogens (primary N) is 1. The van der Waals surface area contributed by atoms with E-state index in [-0.39, 0.29) is 11.7 Å². The van der Waals surface area contributed by atoms with Gasteiger partial charge < -0.3 is 10.6 Å². The van der Waals surface area contributed by atoms with Crippen molar-refractivity contribution in [1.82, 2.24) is 0 Å². The number of nitrogens with zero attached hydrogens (tertiary/aromatic N) is 1. The van der Waals surface area contributed by atoms with E-state index >= 15 is 0 Å². The van der Waals surface area contributed by atoms with Crippen LogP contribution in [0.4, 0.5) is 14.5 Å². The summed E-state index contributed by atoms with van der Waals surface area (Å²) in [6.07, 6.45) is 0.532. The van der Waals surface area contributed by atoms with Crippen LogP contribution in [0.3, 0.4) is 0 Å². The zero-order valence-electron chi connectivity index (χ0n) is 9.22. The van der Waals surface area contributed by atoms with Crippen molar-refractivity contribution in [2.24, 2.45) is 5.73 Å². The molecule has 1 atom stereocenters. The molecule has 0 aromatic heterocycles. The number of benzene rings is 1. The summed E-state index contributed by atoms with van der Waals surface area (Å²) in [5.74, 6) is -1.63. The van der Waals surface area contributed by atoms with Gasteiger partial charge in [-0.05, 0) is 25.0 Å². The number of hydrogen-bond acceptors (Lipinski definition) is 2. The second-order valence-electron chi connectivity index (χ2n) is 3.94. The molecule has 0 amide bonds. The van der Waals surface area contributed by atoms with Crippen LogP contribution >= 0.6 is 0 Å². The van der Waals surface area contributed by atoms with Gasteiger partial charge >= 0.3 is 0 Å². The van der Waals surface area contributed by atoms with Crippen molar-refractivity contribution in [1.29, 1.82) is 0 Å². The van der Waals surface area contributed by atoms with Crippen LogP contribution in [0, 0.1) is 11.6 Å². The Balaban J connectivity index is 3.21. The van der Waals surface area contributed by atoms with Crippen molar-refractivity contribution in [3.8, 4) is 0 Å². The molecule has 2 N–H and O–H groups in total. The van der Waals surface area contributed by atoms with Crippen LogP contribution in [0.2, 0.25) is 0 Å². The van der Waals surface area contributed by atoms with Gasteiger partial charge in [0.05, 0.1) is 5.69 Å². The SMILES string of the molecule is C[C@H](N)Cc1ccc(F)c(F)c1N(C)C. The Labute approximate surface area is 88.7 Å². The Morgan fingerprint density at radius 1 is 1.33 bits per heavy atom. The molecule has 0 heterocycles. The molecule has 84 valence electrons. The van der Waals surface area contributed by atoms with Crippen LogP contribution in [0.25, 0.3) is 0 Å². The molecule has 0 unspecified atom stereocenters. The van der Waals surface area contributed by atoms with Crippen LogP contribution in [-0.4, -0.2) is 20.1 Å². The summed E-state index contributed by atoms with van der Waals surface area (Å²) in [6, 6.07) is 2.64. The molecule has 0 aliphatic carbocycles. The van der Waals surface area contributed by atoms with Gasteiger partial charge in [0.15, 0.2) is 11.6 Å². The highest BCUT2D eigenvalue weighted by atomic mass is 19.2. The fourth-order valence-corrected chi connectivity index (χ4v) is 1.58. The van der Waals surface area contributed by atoms with Crippen molar-refractivity contribution in [2.45, 2.75) is 19.4 Å². The largest absolute Gasteiger partial charge is 0.375 e. The first kappa shape index (κ1) is 11.9. The maximum Gasteiger partial charge on any atom is 0.182 e. The molecule has 1 aromatic rings. The third kappa shape index (κ3) is 2.65. The summed E-state index contributed by atoms with van der Waals surface area (Å²) in [5, 5.41) is 0. The highest BCUT2D eigenvalue weighted by molar-refractivity contribution is 5.54. The van der Waals surface area contributed by atoms with E-state index in [1.807, 2.05) is 6.92 Å². The van der Waals surface area contributed by atoms with Gasteiger partial charge in [-0.25, -0.2) is 8.78 Å². The fraction of sp³-hybridized carbons (Fsp3) is 0.455. The van der Waals surface area contributed by atoms with E-state index in [1.165, 1.54) is 0 Å².